The molecule has 0 saturated heterocycles. The zero-order valence-corrected chi connectivity index (χ0v) is 12.7. The first-order chi connectivity index (χ1) is 7.52. The van der Waals surface area contributed by atoms with Gasteiger partial charge in [0.05, 0.1) is 6.61 Å². The van der Waals surface area contributed by atoms with Gasteiger partial charge in [-0.2, -0.15) is 0 Å². The average Bonchev–Trinajstić information content (AvgIpc) is 2.16. The van der Waals surface area contributed by atoms with Crippen molar-refractivity contribution < 1.29 is 4.74 Å². The molecule has 0 fully saturated rings. The summed E-state index contributed by atoms with van der Waals surface area (Å²) in [6.07, 6.45) is 1.23. The maximum Gasteiger partial charge on any atom is 0.120 e. The summed E-state index contributed by atoms with van der Waals surface area (Å²) in [6, 6.07) is 6.53. The maximum atomic E-state index is 5.58. The van der Waals surface area contributed by atoms with Crippen molar-refractivity contribution in [1.82, 2.24) is 0 Å². The van der Waals surface area contributed by atoms with E-state index in [1.165, 1.54) is 15.6 Å². The molecular weight excluding hydrogens is 311 g/mol. The standard InChI is InChI=1S/C14H21IO/c1-5-16-14-8-12(7-13(15)9-14)11(4)6-10(2)3/h7-11H,5-6H2,1-4H3. The Hall–Kier alpha value is -0.250. The van der Waals surface area contributed by atoms with Crippen molar-refractivity contribution in [1.29, 1.82) is 0 Å². The SMILES string of the molecule is CCOc1cc(I)cc(C(C)CC(C)C)c1. The fraction of sp³-hybridized carbons (Fsp3) is 0.571. The van der Waals surface area contributed by atoms with Crippen LogP contribution in [0.15, 0.2) is 18.2 Å². The molecule has 1 nitrogen and oxygen atoms in total. The van der Waals surface area contributed by atoms with E-state index in [4.69, 9.17) is 4.74 Å². The molecule has 1 rings (SSSR count). The minimum Gasteiger partial charge on any atom is -0.494 e. The van der Waals surface area contributed by atoms with Crippen LogP contribution in [0.4, 0.5) is 0 Å². The van der Waals surface area contributed by atoms with E-state index in [-0.39, 0.29) is 0 Å². The molecule has 1 atom stereocenters. The molecule has 16 heavy (non-hydrogen) atoms. The monoisotopic (exact) mass is 332 g/mol. The van der Waals surface area contributed by atoms with Crippen LogP contribution < -0.4 is 4.74 Å². The van der Waals surface area contributed by atoms with Crippen LogP contribution in [0.5, 0.6) is 5.75 Å². The Bertz CT molecular complexity index is 334. The molecule has 0 aromatic heterocycles. The van der Waals surface area contributed by atoms with Crippen LogP contribution in [0.1, 0.15) is 45.6 Å². The van der Waals surface area contributed by atoms with Crippen LogP contribution in [0.25, 0.3) is 0 Å². The molecule has 1 aromatic carbocycles. The zero-order valence-electron chi connectivity index (χ0n) is 10.6. The van der Waals surface area contributed by atoms with Crippen molar-refractivity contribution in [2.45, 2.75) is 40.0 Å². The number of ether oxygens (including phenoxy) is 1. The Labute approximate surface area is 113 Å². The molecule has 2 heteroatoms. The predicted octanol–water partition coefficient (Wildman–Crippen LogP) is 4.84. The third-order valence-corrected chi connectivity index (χ3v) is 3.22. The number of halogens is 1. The van der Waals surface area contributed by atoms with Gasteiger partial charge < -0.3 is 4.74 Å². The maximum absolute atomic E-state index is 5.58. The average molecular weight is 332 g/mol. The van der Waals surface area contributed by atoms with E-state index >= 15 is 0 Å². The van der Waals surface area contributed by atoms with Crippen LogP contribution in [0.2, 0.25) is 0 Å². The van der Waals surface area contributed by atoms with Crippen LogP contribution in [-0.2, 0) is 0 Å². The summed E-state index contributed by atoms with van der Waals surface area (Å²) in [7, 11) is 0. The summed E-state index contributed by atoms with van der Waals surface area (Å²) in [6.45, 7) is 9.60. The molecule has 1 unspecified atom stereocenters. The second kappa shape index (κ2) is 6.48. The van der Waals surface area contributed by atoms with Gasteiger partial charge in [-0.15, -0.1) is 0 Å². The Balaban J connectivity index is 2.86. The summed E-state index contributed by atoms with van der Waals surface area (Å²) >= 11 is 2.36. The number of hydrogen-bond donors (Lipinski definition) is 0. The van der Waals surface area contributed by atoms with E-state index in [1.54, 1.807) is 0 Å². The summed E-state index contributed by atoms with van der Waals surface area (Å²) in [5.41, 5.74) is 1.39. The molecule has 0 aliphatic carbocycles. The summed E-state index contributed by atoms with van der Waals surface area (Å²) in [5, 5.41) is 0. The van der Waals surface area contributed by atoms with Gasteiger partial charge in [0, 0.05) is 3.57 Å². The fourth-order valence-corrected chi connectivity index (χ4v) is 2.63. The minimum atomic E-state index is 0.605. The number of hydrogen-bond acceptors (Lipinski definition) is 1. The predicted molar refractivity (Wildman–Crippen MR) is 78.2 cm³/mol. The van der Waals surface area contributed by atoms with Gasteiger partial charge in [-0.05, 0) is 71.5 Å². The van der Waals surface area contributed by atoms with Gasteiger partial charge in [0.15, 0.2) is 0 Å². The van der Waals surface area contributed by atoms with E-state index in [2.05, 4.69) is 61.6 Å². The lowest BCUT2D eigenvalue weighted by Crippen LogP contribution is -2.00. The van der Waals surface area contributed by atoms with Gasteiger partial charge in [0.1, 0.15) is 5.75 Å². The van der Waals surface area contributed by atoms with Gasteiger partial charge in [0.2, 0.25) is 0 Å². The Morgan fingerprint density at radius 1 is 1.19 bits per heavy atom. The van der Waals surface area contributed by atoms with Crippen LogP contribution in [-0.4, -0.2) is 6.61 Å². The molecule has 0 heterocycles. The highest BCUT2D eigenvalue weighted by atomic mass is 127. The molecule has 0 aliphatic heterocycles. The lowest BCUT2D eigenvalue weighted by Gasteiger charge is -2.16. The molecule has 0 N–H and O–H groups in total. The molecule has 0 aliphatic rings. The molecule has 0 saturated carbocycles. The van der Waals surface area contributed by atoms with Crippen molar-refractivity contribution in [2.75, 3.05) is 6.61 Å². The summed E-state index contributed by atoms with van der Waals surface area (Å²) < 4.78 is 6.84. The molecular formula is C14H21IO. The smallest absolute Gasteiger partial charge is 0.120 e. The molecule has 0 radical (unpaired) electrons. The summed E-state index contributed by atoms with van der Waals surface area (Å²) in [4.78, 5) is 0. The fourth-order valence-electron chi connectivity index (χ4n) is 1.96. The molecule has 0 spiro atoms. The molecule has 90 valence electrons. The first-order valence-electron chi connectivity index (χ1n) is 5.96. The van der Waals surface area contributed by atoms with E-state index in [9.17, 15) is 0 Å². The first-order valence-corrected chi connectivity index (χ1v) is 7.04. The quantitative estimate of drug-likeness (QED) is 0.701. The summed E-state index contributed by atoms with van der Waals surface area (Å²) in [5.74, 6) is 2.34. The molecule has 1 aromatic rings. The highest BCUT2D eigenvalue weighted by molar-refractivity contribution is 14.1. The van der Waals surface area contributed by atoms with Crippen molar-refractivity contribution in [3.63, 3.8) is 0 Å². The number of rotatable bonds is 5. The zero-order chi connectivity index (χ0) is 12.1. The third kappa shape index (κ3) is 4.32. The Kier molecular flexibility index (Phi) is 5.59. The first kappa shape index (κ1) is 13.8. The Morgan fingerprint density at radius 3 is 2.44 bits per heavy atom. The van der Waals surface area contributed by atoms with Gasteiger partial charge >= 0.3 is 0 Å². The molecule has 0 amide bonds. The van der Waals surface area contributed by atoms with Crippen LogP contribution >= 0.6 is 22.6 Å². The van der Waals surface area contributed by atoms with Gasteiger partial charge in [-0.3, -0.25) is 0 Å². The normalized spacial score (nSPS) is 12.9. The highest BCUT2D eigenvalue weighted by Gasteiger charge is 2.10. The van der Waals surface area contributed by atoms with Crippen molar-refractivity contribution >= 4 is 22.6 Å². The topological polar surface area (TPSA) is 9.23 Å². The Morgan fingerprint density at radius 2 is 1.88 bits per heavy atom. The van der Waals surface area contributed by atoms with Crippen molar-refractivity contribution in [3.05, 3.63) is 27.3 Å². The second-order valence-electron chi connectivity index (χ2n) is 4.68. The van der Waals surface area contributed by atoms with Crippen LogP contribution in [0, 0.1) is 9.49 Å². The minimum absolute atomic E-state index is 0.605. The lowest BCUT2D eigenvalue weighted by molar-refractivity contribution is 0.339. The van der Waals surface area contributed by atoms with Gasteiger partial charge in [-0.25, -0.2) is 0 Å². The lowest BCUT2D eigenvalue weighted by atomic mass is 9.92. The third-order valence-electron chi connectivity index (χ3n) is 2.60. The second-order valence-corrected chi connectivity index (χ2v) is 5.93. The van der Waals surface area contributed by atoms with E-state index < -0.39 is 0 Å². The number of benzene rings is 1. The van der Waals surface area contributed by atoms with Crippen LogP contribution in [0.3, 0.4) is 0 Å². The van der Waals surface area contributed by atoms with Gasteiger partial charge in [-0.1, -0.05) is 20.8 Å². The van der Waals surface area contributed by atoms with E-state index in [0.717, 1.165) is 18.3 Å². The van der Waals surface area contributed by atoms with E-state index in [0.29, 0.717) is 5.92 Å². The van der Waals surface area contributed by atoms with Crippen molar-refractivity contribution in [2.24, 2.45) is 5.92 Å². The van der Waals surface area contributed by atoms with E-state index in [1.807, 2.05) is 6.92 Å². The molecule has 0 bridgehead atoms. The highest BCUT2D eigenvalue weighted by Crippen LogP contribution is 2.28. The van der Waals surface area contributed by atoms with Gasteiger partial charge in [0.25, 0.3) is 0 Å². The largest absolute Gasteiger partial charge is 0.494 e. The van der Waals surface area contributed by atoms with Crippen molar-refractivity contribution in [3.8, 4) is 5.75 Å².